The third-order valence-corrected chi connectivity index (χ3v) is 17.0. The van der Waals surface area contributed by atoms with Gasteiger partial charge in [0.1, 0.15) is 50.7 Å². The third kappa shape index (κ3) is 18.2. The first kappa shape index (κ1) is 70.3. The van der Waals surface area contributed by atoms with Crippen LogP contribution >= 0.6 is 22.6 Å². The van der Waals surface area contributed by atoms with E-state index in [0.29, 0.717) is 48.6 Å². The molecule has 0 bridgehead atoms. The van der Waals surface area contributed by atoms with E-state index in [4.69, 9.17) is 32.3 Å². The van der Waals surface area contributed by atoms with Crippen molar-refractivity contribution in [1.82, 2.24) is 60.6 Å². The summed E-state index contributed by atoms with van der Waals surface area (Å²) >= 11 is 2.19. The lowest BCUT2D eigenvalue weighted by Crippen LogP contribution is -2.51. The number of methoxy groups -OCH3 is 3. The Hall–Kier alpha value is -8.74. The molecule has 6 N–H and O–H groups in total. The highest BCUT2D eigenvalue weighted by atomic mass is 127. The van der Waals surface area contributed by atoms with Crippen molar-refractivity contribution >= 4 is 58.6 Å². The minimum Gasteiger partial charge on any atom is -0.453 e. The fourth-order valence-electron chi connectivity index (χ4n) is 11.0. The molecule has 478 valence electrons. The van der Waals surface area contributed by atoms with Crippen molar-refractivity contribution in [3.05, 3.63) is 120 Å². The van der Waals surface area contributed by atoms with Gasteiger partial charge in [-0.15, -0.1) is 12.8 Å². The van der Waals surface area contributed by atoms with E-state index >= 15 is 0 Å². The minimum absolute atomic E-state index is 0.0355. The molecule has 6 heterocycles. The summed E-state index contributed by atoms with van der Waals surface area (Å²) in [6.07, 6.45) is 10.7. The van der Waals surface area contributed by atoms with Crippen LogP contribution in [0.5, 0.6) is 0 Å². The third-order valence-electron chi connectivity index (χ3n) is 15.9. The number of H-pyrrole nitrogens is 3. The summed E-state index contributed by atoms with van der Waals surface area (Å²) < 4.78 is 15.1. The number of imidazole rings is 3. The molecular formula is C68H85IN12O9. The molecule has 2 aromatic carbocycles. The van der Waals surface area contributed by atoms with Crippen LogP contribution in [0, 0.1) is 108 Å². The number of nitrogens with zero attached hydrogens (tertiary/aromatic N) is 6. The maximum Gasteiger partial charge on any atom is 0.407 e. The molecule has 0 aliphatic carbocycles. The van der Waals surface area contributed by atoms with Gasteiger partial charge in [-0.3, -0.25) is 14.4 Å². The van der Waals surface area contributed by atoms with E-state index in [1.807, 2.05) is 116 Å². The second kappa shape index (κ2) is 32.1. The first-order valence-electron chi connectivity index (χ1n) is 30.2. The highest BCUT2D eigenvalue weighted by Gasteiger charge is 2.43. The lowest BCUT2D eigenvalue weighted by atomic mass is 10.0. The molecule has 0 unspecified atom stereocenters. The number of terminal acetylenes is 2. The van der Waals surface area contributed by atoms with Gasteiger partial charge < -0.3 is 59.8 Å². The van der Waals surface area contributed by atoms with Crippen LogP contribution in [0.25, 0.3) is 0 Å². The average Bonchev–Trinajstić information content (AvgIpc) is 3.40. The number of aromatic nitrogens is 6. The van der Waals surface area contributed by atoms with Crippen LogP contribution in [0.1, 0.15) is 168 Å². The molecule has 3 fully saturated rings. The number of benzene rings is 2. The zero-order valence-electron chi connectivity index (χ0n) is 54.2. The quantitative estimate of drug-likeness (QED) is 0.0388. The Morgan fingerprint density at radius 3 is 1.02 bits per heavy atom. The van der Waals surface area contributed by atoms with Crippen molar-refractivity contribution in [2.45, 2.75) is 139 Å². The number of nitrogens with one attached hydrogen (secondary N) is 6. The smallest absolute Gasteiger partial charge is 0.407 e. The van der Waals surface area contributed by atoms with Crippen LogP contribution in [0.4, 0.5) is 14.4 Å². The molecule has 5 aromatic rings. The molecule has 0 radical (unpaired) electrons. The van der Waals surface area contributed by atoms with E-state index in [-0.39, 0.29) is 65.4 Å². The van der Waals surface area contributed by atoms with Gasteiger partial charge >= 0.3 is 18.3 Å². The monoisotopic (exact) mass is 1340 g/mol. The van der Waals surface area contributed by atoms with Gasteiger partial charge in [0.2, 0.25) is 17.7 Å². The normalized spacial score (nSPS) is 19.2. The Balaban J connectivity index is 0.000000308. The molecule has 21 nitrogen and oxygen atoms in total. The van der Waals surface area contributed by atoms with Crippen LogP contribution < -0.4 is 16.0 Å². The molecule has 3 saturated heterocycles. The van der Waals surface area contributed by atoms with Crippen molar-refractivity contribution < 1.29 is 43.0 Å². The number of hydrogen-bond acceptors (Lipinski definition) is 12. The molecule has 3 aliphatic heterocycles. The number of alkyl carbamates (subject to hydrolysis) is 3. The van der Waals surface area contributed by atoms with Gasteiger partial charge in [0, 0.05) is 59.0 Å². The predicted molar refractivity (Wildman–Crippen MR) is 351 cm³/mol. The topological polar surface area (TPSA) is 262 Å². The van der Waals surface area contributed by atoms with Crippen molar-refractivity contribution in [3.63, 3.8) is 0 Å². The number of amides is 6. The zero-order valence-corrected chi connectivity index (χ0v) is 56.3. The standard InChI is InChI=1S/C42H54N8O6.C16H25IN4O3.C10H6/c1-23(2)35(47-41(53)55-9)39(51)49-21-25(5)19-33(49)37-43-27(7)31(45-37)17-15-29-11-13-30(14-12-29)16-18-32-28(8)44-38(46-32)34-20-26(6)22-50(34)40(52)36(24(3)4)48-42(54)56-10;1-8(2)12(19-16(23)24-5)15(22)21-7-9(3)6-11(21)14-18-10(4)13(17)20-14;1-3-9-5-7-10(4-2)8-6-9/h11-14,23-26,33-36H,19-22H2,1-10H3,(H,43,45)(H,44,46)(H,47,53)(H,48,54);8-9,11-12H,6-7H2,1-5H3,(H,18,20)(H,19,23);1-2,5-8H/t25-,26-,33-,34-,35-,36-;9-,11-,12-;/m00./s1. The number of aryl methyl sites for hydroxylation is 3. The Morgan fingerprint density at radius 1 is 0.489 bits per heavy atom. The van der Waals surface area contributed by atoms with Gasteiger partial charge in [-0.05, 0) is 159 Å². The number of likely N-dealkylation sites (tertiary alicyclic amines) is 3. The molecule has 8 rings (SSSR count). The van der Waals surface area contributed by atoms with Crippen LogP contribution in [0.3, 0.4) is 0 Å². The Kier molecular flexibility index (Phi) is 25.1. The first-order valence-corrected chi connectivity index (χ1v) is 31.3. The Labute approximate surface area is 543 Å². The largest absolute Gasteiger partial charge is 0.453 e. The average molecular weight is 1340 g/mol. The maximum atomic E-state index is 13.7. The maximum absolute atomic E-state index is 13.7. The highest BCUT2D eigenvalue weighted by molar-refractivity contribution is 14.1. The molecule has 3 aromatic heterocycles. The molecule has 0 spiro atoms. The summed E-state index contributed by atoms with van der Waals surface area (Å²) in [5, 5.41) is 8.05. The van der Waals surface area contributed by atoms with E-state index in [1.54, 1.807) is 9.80 Å². The molecule has 90 heavy (non-hydrogen) atoms. The van der Waals surface area contributed by atoms with E-state index in [0.717, 1.165) is 68.1 Å². The highest BCUT2D eigenvalue weighted by Crippen LogP contribution is 2.38. The Bertz CT molecular complexity index is 3370. The number of aromatic amines is 3. The van der Waals surface area contributed by atoms with Crippen LogP contribution in [0.2, 0.25) is 0 Å². The van der Waals surface area contributed by atoms with Crippen molar-refractivity contribution in [2.75, 3.05) is 41.0 Å². The zero-order chi connectivity index (χ0) is 66.3. The second-order valence-electron chi connectivity index (χ2n) is 24.3. The molecule has 22 heteroatoms. The van der Waals surface area contributed by atoms with Crippen LogP contribution in [-0.2, 0) is 28.6 Å². The van der Waals surface area contributed by atoms with E-state index in [1.165, 1.54) is 21.3 Å². The van der Waals surface area contributed by atoms with Gasteiger partial charge in [0.15, 0.2) is 0 Å². The van der Waals surface area contributed by atoms with Gasteiger partial charge in [0.25, 0.3) is 0 Å². The molecular weight excluding hydrogens is 1260 g/mol. The van der Waals surface area contributed by atoms with E-state index in [2.05, 4.69) is 120 Å². The second-order valence-corrected chi connectivity index (χ2v) is 25.3. The molecule has 6 amide bonds. The fourth-order valence-corrected chi connectivity index (χ4v) is 11.4. The van der Waals surface area contributed by atoms with Gasteiger partial charge in [-0.1, -0.05) is 86.0 Å². The summed E-state index contributed by atoms with van der Waals surface area (Å²) in [6.45, 7) is 25.3. The molecule has 0 saturated carbocycles. The first-order chi connectivity index (χ1) is 42.7. The van der Waals surface area contributed by atoms with Crippen molar-refractivity contribution in [3.8, 4) is 48.4 Å². The number of carbonyl (C=O) groups is 6. The lowest BCUT2D eigenvalue weighted by Gasteiger charge is -2.30. The van der Waals surface area contributed by atoms with Crippen LogP contribution in [0.15, 0.2) is 48.5 Å². The SMILES string of the molecule is C#Cc1ccc(C#C)cc1.COC(=O)N[C@H](C(=O)N1C[C@@H](C)C[C@H]1c1nc(C#Cc2ccc(C#Cc3nc([C@@H]4C[C@H](C)CN4C(=O)[C@@H](NC(=O)OC)C(C)C)[nH]c3C)cc2)c(C)[nH]1)C(C)C.COC(=O)N[C@H](C(=O)N1C[C@@H](C)C[C@H]1c1nc(I)c(C)[nH]1)C(C)C. The fraction of sp³-hybridized carbons (Fsp3) is 0.485. The van der Waals surface area contributed by atoms with Crippen LogP contribution in [-0.4, -0.2) is 140 Å². The van der Waals surface area contributed by atoms with Crippen molar-refractivity contribution in [2.24, 2.45) is 35.5 Å². The number of halogens is 1. The number of rotatable bonds is 12. The summed E-state index contributed by atoms with van der Waals surface area (Å²) in [4.78, 5) is 106. The number of carbonyl (C=O) groups excluding carboxylic acids is 6. The van der Waals surface area contributed by atoms with E-state index < -0.39 is 36.4 Å². The summed E-state index contributed by atoms with van der Waals surface area (Å²) in [6, 6.07) is 12.3. The number of hydrogen-bond donors (Lipinski definition) is 6. The summed E-state index contributed by atoms with van der Waals surface area (Å²) in [7, 11) is 3.86. The van der Waals surface area contributed by atoms with Gasteiger partial charge in [-0.25, -0.2) is 29.3 Å². The molecule has 9 atom stereocenters. The lowest BCUT2D eigenvalue weighted by molar-refractivity contribution is -0.136. The molecule has 3 aliphatic rings. The summed E-state index contributed by atoms with van der Waals surface area (Å²) in [5.41, 5.74) is 7.12. The van der Waals surface area contributed by atoms with Gasteiger partial charge in [0.05, 0.1) is 39.5 Å². The predicted octanol–water partition coefficient (Wildman–Crippen LogP) is 9.39. The Morgan fingerprint density at radius 2 is 0.767 bits per heavy atom. The minimum atomic E-state index is -0.718. The summed E-state index contributed by atoms with van der Waals surface area (Å²) in [5.74, 6) is 20.1. The van der Waals surface area contributed by atoms with Gasteiger partial charge in [-0.2, -0.15) is 0 Å². The van der Waals surface area contributed by atoms with Crippen molar-refractivity contribution in [1.29, 1.82) is 0 Å². The number of ether oxygens (including phenoxy) is 3. The van der Waals surface area contributed by atoms with E-state index in [9.17, 15) is 28.8 Å².